The predicted octanol–water partition coefficient (Wildman–Crippen LogP) is 0.266. The molecule has 0 aromatic rings. The van der Waals surface area contributed by atoms with Crippen LogP contribution in [0.3, 0.4) is 0 Å². The van der Waals surface area contributed by atoms with Crippen LogP contribution in [0.2, 0.25) is 0 Å². The molecule has 0 saturated carbocycles. The minimum Gasteiger partial charge on any atom is -0.372 e. The molecule has 0 unspecified atom stereocenters. The molecule has 0 fully saturated rings. The molecule has 0 aromatic heterocycles. The summed E-state index contributed by atoms with van der Waals surface area (Å²) in [6.07, 6.45) is 4.76. The number of methoxy groups -OCH3 is 1. The standard InChI is InChI=1S/C4H6O.Ar/c1-3-4-5-2;/h1H,4H2,2H3;. The van der Waals surface area contributed by atoms with Crippen LogP contribution in [0.4, 0.5) is 0 Å². The van der Waals surface area contributed by atoms with Crippen LogP contribution < -0.4 is 0 Å². The molecule has 0 atom stereocenters. The van der Waals surface area contributed by atoms with Gasteiger partial charge < -0.3 is 4.74 Å². The van der Waals surface area contributed by atoms with Crippen LogP contribution in [0.15, 0.2) is 0 Å². The fraction of sp³-hybridized carbons (Fsp3) is 0.500. The second kappa shape index (κ2) is 9.24. The van der Waals surface area contributed by atoms with E-state index < -0.39 is 0 Å². The summed E-state index contributed by atoms with van der Waals surface area (Å²) in [4.78, 5) is 0. The van der Waals surface area contributed by atoms with Crippen LogP contribution >= 0.6 is 0 Å². The van der Waals surface area contributed by atoms with Gasteiger partial charge in [0.1, 0.15) is 6.61 Å². The van der Waals surface area contributed by atoms with E-state index in [4.69, 9.17) is 6.42 Å². The minimum atomic E-state index is 0. The van der Waals surface area contributed by atoms with E-state index in [2.05, 4.69) is 10.7 Å². The van der Waals surface area contributed by atoms with Gasteiger partial charge in [0.2, 0.25) is 0 Å². The van der Waals surface area contributed by atoms with Gasteiger partial charge in [-0.05, 0) is 0 Å². The Morgan fingerprint density at radius 3 is 2.33 bits per heavy atom. The van der Waals surface area contributed by atoms with Crippen molar-refractivity contribution in [1.82, 2.24) is 0 Å². The van der Waals surface area contributed by atoms with Gasteiger partial charge in [-0.2, -0.15) is 0 Å². The summed E-state index contributed by atoms with van der Waals surface area (Å²) in [6, 6.07) is 0. The maximum Gasteiger partial charge on any atom is 0.107 e. The molecule has 0 aliphatic carbocycles. The Kier molecular flexibility index (Phi) is 15.3. The molecule has 0 bridgehead atoms. The van der Waals surface area contributed by atoms with Crippen LogP contribution in [0.25, 0.3) is 0 Å². The molecule has 6 heavy (non-hydrogen) atoms. The maximum absolute atomic E-state index is 4.76. The molecule has 0 aromatic carbocycles. The zero-order valence-electron chi connectivity index (χ0n) is 3.55. The number of ether oxygens (including phenoxy) is 1. The Bertz CT molecular complexity index is 46.0. The largest absolute Gasteiger partial charge is 0.372 e. The molecule has 0 spiro atoms. The Morgan fingerprint density at radius 1 is 1.83 bits per heavy atom. The normalized spacial score (nSPS) is 5.33. The Morgan fingerprint density at radius 2 is 2.33 bits per heavy atom. The molecule has 36 valence electrons. The van der Waals surface area contributed by atoms with Gasteiger partial charge in [0.15, 0.2) is 0 Å². The summed E-state index contributed by atoms with van der Waals surface area (Å²) in [6.45, 7) is 0.417. The van der Waals surface area contributed by atoms with E-state index in [1.54, 1.807) is 7.11 Å². The van der Waals surface area contributed by atoms with E-state index in [-0.39, 0.29) is 37.7 Å². The molecule has 0 heterocycles. The summed E-state index contributed by atoms with van der Waals surface area (Å²) in [5.41, 5.74) is 0. The molecule has 0 N–H and O–H groups in total. The van der Waals surface area contributed by atoms with Gasteiger partial charge in [0.25, 0.3) is 0 Å². The predicted molar refractivity (Wildman–Crippen MR) is 20.7 cm³/mol. The van der Waals surface area contributed by atoms with Crippen molar-refractivity contribution in [2.45, 2.75) is 0 Å². The van der Waals surface area contributed by atoms with Gasteiger partial charge in [-0.1, -0.05) is 5.92 Å². The first-order valence-electron chi connectivity index (χ1n) is 1.34. The van der Waals surface area contributed by atoms with Crippen LogP contribution in [-0.2, 0) is 4.74 Å². The van der Waals surface area contributed by atoms with Crippen molar-refractivity contribution in [3.8, 4) is 12.3 Å². The molecule has 0 amide bonds. The fourth-order valence-corrected chi connectivity index (χ4v) is 0.0833. The second-order valence-electron chi connectivity index (χ2n) is 0.637. The maximum atomic E-state index is 4.76. The molecule has 0 radical (unpaired) electrons. The zero-order valence-corrected chi connectivity index (χ0v) is 4.25. The second-order valence-corrected chi connectivity index (χ2v) is 0.637. The SMILES string of the molecule is C#CCOC.[Ar]. The molecule has 0 aliphatic heterocycles. The van der Waals surface area contributed by atoms with Gasteiger partial charge in [-0.25, -0.2) is 0 Å². The monoisotopic (exact) mass is 110 g/mol. The molecule has 1 nitrogen and oxygen atoms in total. The van der Waals surface area contributed by atoms with Crippen molar-refractivity contribution in [3.63, 3.8) is 0 Å². The van der Waals surface area contributed by atoms with Crippen molar-refractivity contribution < 1.29 is 42.5 Å². The topological polar surface area (TPSA) is 9.23 Å². The first kappa shape index (κ1) is 9.91. The average Bonchev–Trinajstić information content (AvgIpc) is 1.41. The molecular formula is C4H6ArO. The third-order valence-electron chi connectivity index (χ3n) is 0.228. The number of hydrogen-bond acceptors (Lipinski definition) is 1. The quantitative estimate of drug-likeness (QED) is 0.440. The van der Waals surface area contributed by atoms with Gasteiger partial charge >= 0.3 is 0 Å². The Labute approximate surface area is 68.1 Å². The van der Waals surface area contributed by atoms with Crippen LogP contribution in [0, 0.1) is 50.1 Å². The van der Waals surface area contributed by atoms with Crippen molar-refractivity contribution in [1.29, 1.82) is 0 Å². The van der Waals surface area contributed by atoms with E-state index >= 15 is 0 Å². The fourth-order valence-electron chi connectivity index (χ4n) is 0.0833. The van der Waals surface area contributed by atoms with Crippen molar-refractivity contribution >= 4 is 0 Å². The summed E-state index contributed by atoms with van der Waals surface area (Å²) in [5.74, 6) is 2.30. The van der Waals surface area contributed by atoms with Gasteiger partial charge in [0, 0.05) is 44.8 Å². The van der Waals surface area contributed by atoms with Gasteiger partial charge in [-0.3, -0.25) is 0 Å². The summed E-state index contributed by atoms with van der Waals surface area (Å²) in [7, 11) is 1.57. The number of hydrogen-bond donors (Lipinski definition) is 0. The van der Waals surface area contributed by atoms with E-state index in [0.717, 1.165) is 0 Å². The van der Waals surface area contributed by atoms with E-state index in [1.165, 1.54) is 0 Å². The first-order chi connectivity index (χ1) is 2.41. The molecule has 0 rings (SSSR count). The molecular weight excluding hydrogens is 104 g/mol. The third-order valence-corrected chi connectivity index (χ3v) is 0.228. The molecule has 2 heteroatoms. The van der Waals surface area contributed by atoms with Crippen molar-refractivity contribution in [3.05, 3.63) is 0 Å². The average molecular weight is 110 g/mol. The van der Waals surface area contributed by atoms with Crippen LogP contribution in [0.1, 0.15) is 0 Å². The molecule has 0 saturated heterocycles. The van der Waals surface area contributed by atoms with E-state index in [1.807, 2.05) is 0 Å². The molecule has 0 aliphatic rings. The smallest absolute Gasteiger partial charge is 0.107 e. The summed E-state index contributed by atoms with van der Waals surface area (Å²) in [5, 5.41) is 0. The minimum absolute atomic E-state index is 0. The zero-order chi connectivity index (χ0) is 4.12. The first-order valence-corrected chi connectivity index (χ1v) is 1.34. The summed E-state index contributed by atoms with van der Waals surface area (Å²) < 4.78 is 4.45. The van der Waals surface area contributed by atoms with Crippen molar-refractivity contribution in [2.24, 2.45) is 0 Å². The van der Waals surface area contributed by atoms with Crippen LogP contribution in [-0.4, -0.2) is 13.7 Å². The Balaban J connectivity index is 0. The van der Waals surface area contributed by atoms with Crippen molar-refractivity contribution in [2.75, 3.05) is 13.7 Å². The van der Waals surface area contributed by atoms with E-state index in [0.29, 0.717) is 6.61 Å². The third kappa shape index (κ3) is 8.84. The van der Waals surface area contributed by atoms with Crippen LogP contribution in [0.5, 0.6) is 0 Å². The number of rotatable bonds is 1. The number of terminal acetylenes is 1. The van der Waals surface area contributed by atoms with Gasteiger partial charge in [-0.15, -0.1) is 6.42 Å². The Hall–Kier alpha value is 0.780. The van der Waals surface area contributed by atoms with E-state index in [9.17, 15) is 0 Å². The van der Waals surface area contributed by atoms with Gasteiger partial charge in [0.05, 0.1) is 0 Å². The summed E-state index contributed by atoms with van der Waals surface area (Å²) >= 11 is 0.